The molecule has 3 heterocycles. The van der Waals surface area contributed by atoms with E-state index in [1.54, 1.807) is 4.90 Å². The summed E-state index contributed by atoms with van der Waals surface area (Å²) < 4.78 is 0. The summed E-state index contributed by atoms with van der Waals surface area (Å²) in [5, 5.41) is 2.35. The van der Waals surface area contributed by atoms with Gasteiger partial charge < -0.3 is 10.6 Å². The van der Waals surface area contributed by atoms with E-state index in [0.717, 1.165) is 43.2 Å². The number of amides is 3. The molecule has 3 atom stereocenters. The Hall–Kier alpha value is -2.25. The standard InChI is InChI=1S/C21H26N4O3/c22-11-21-6-5-15(21)10-24(12-21)8-13-1-2-14-9-25(20(28)16(14)7-13)17-3-4-18(26)23-19(17)27/h1-2,7,15,17H,3-6,8-12,22H2,(H,23,26,27)/t15-,17?,21-/m0/s1. The highest BCUT2D eigenvalue weighted by Crippen LogP contribution is 2.51. The van der Waals surface area contributed by atoms with Gasteiger partial charge in [-0.05, 0) is 54.3 Å². The van der Waals surface area contributed by atoms with Gasteiger partial charge in [0.25, 0.3) is 5.91 Å². The second kappa shape index (κ2) is 6.39. The fourth-order valence-corrected chi connectivity index (χ4v) is 5.48. The van der Waals surface area contributed by atoms with Crippen LogP contribution in [0.5, 0.6) is 0 Å². The van der Waals surface area contributed by atoms with Crippen LogP contribution < -0.4 is 11.1 Å². The Bertz CT molecular complexity index is 865. The lowest BCUT2D eigenvalue weighted by Gasteiger charge is -2.43. The summed E-state index contributed by atoms with van der Waals surface area (Å²) >= 11 is 0. The van der Waals surface area contributed by atoms with Gasteiger partial charge in [0.05, 0.1) is 0 Å². The van der Waals surface area contributed by atoms with E-state index in [0.29, 0.717) is 23.9 Å². The van der Waals surface area contributed by atoms with Crippen molar-refractivity contribution in [2.75, 3.05) is 19.6 Å². The van der Waals surface area contributed by atoms with Crippen molar-refractivity contribution in [2.45, 2.75) is 44.8 Å². The van der Waals surface area contributed by atoms with Crippen LogP contribution in [0.25, 0.3) is 0 Å². The zero-order chi connectivity index (χ0) is 19.5. The minimum absolute atomic E-state index is 0.105. The Balaban J connectivity index is 1.30. The number of carbonyl (C=O) groups excluding carboxylic acids is 3. The maximum Gasteiger partial charge on any atom is 0.255 e. The topological polar surface area (TPSA) is 95.7 Å². The summed E-state index contributed by atoms with van der Waals surface area (Å²) in [7, 11) is 0. The van der Waals surface area contributed by atoms with Crippen LogP contribution in [-0.2, 0) is 22.7 Å². The van der Waals surface area contributed by atoms with Gasteiger partial charge in [-0.1, -0.05) is 12.1 Å². The molecule has 1 aromatic rings. The van der Waals surface area contributed by atoms with Crippen LogP contribution in [0, 0.1) is 11.3 Å². The largest absolute Gasteiger partial charge is 0.330 e. The Labute approximate surface area is 164 Å². The molecule has 0 aromatic heterocycles. The van der Waals surface area contributed by atoms with Gasteiger partial charge in [0.15, 0.2) is 0 Å². The molecule has 3 N–H and O–H groups in total. The van der Waals surface area contributed by atoms with Crippen molar-refractivity contribution < 1.29 is 14.4 Å². The molecule has 3 amide bonds. The van der Waals surface area contributed by atoms with Gasteiger partial charge in [0.1, 0.15) is 6.04 Å². The molecule has 1 unspecified atom stereocenters. The van der Waals surface area contributed by atoms with Crippen molar-refractivity contribution in [3.63, 3.8) is 0 Å². The molecule has 0 radical (unpaired) electrons. The number of imide groups is 1. The highest BCUT2D eigenvalue weighted by Gasteiger charge is 2.51. The number of likely N-dealkylation sites (tertiary alicyclic amines) is 1. The summed E-state index contributed by atoms with van der Waals surface area (Å²) in [6.45, 7) is 4.16. The number of carbonyl (C=O) groups is 3. The second-order valence-corrected chi connectivity index (χ2v) is 8.86. The van der Waals surface area contributed by atoms with Gasteiger partial charge in [0, 0.05) is 38.2 Å². The molecule has 148 valence electrons. The molecule has 4 aliphatic rings. The van der Waals surface area contributed by atoms with Crippen LogP contribution in [-0.4, -0.2) is 53.2 Å². The SMILES string of the molecule is NC[C@]12CC[C@H]1CN(Cc1ccc3c(c1)C(=O)N(C1CCC(=O)NC1=O)C3)C2. The molecular weight excluding hydrogens is 356 g/mol. The molecule has 7 heteroatoms. The van der Waals surface area contributed by atoms with E-state index in [-0.39, 0.29) is 24.1 Å². The van der Waals surface area contributed by atoms with E-state index in [1.165, 1.54) is 12.8 Å². The molecule has 7 nitrogen and oxygen atoms in total. The first-order valence-corrected chi connectivity index (χ1v) is 10.2. The fraction of sp³-hybridized carbons (Fsp3) is 0.571. The smallest absolute Gasteiger partial charge is 0.255 e. The quantitative estimate of drug-likeness (QED) is 0.745. The number of nitrogens with two attached hydrogens (primary N) is 1. The molecule has 5 rings (SSSR count). The number of hydrogen-bond acceptors (Lipinski definition) is 5. The lowest BCUT2D eigenvalue weighted by molar-refractivity contribution is -0.136. The molecule has 1 aromatic carbocycles. The maximum atomic E-state index is 13.0. The fourth-order valence-electron chi connectivity index (χ4n) is 5.48. The monoisotopic (exact) mass is 382 g/mol. The van der Waals surface area contributed by atoms with E-state index < -0.39 is 6.04 Å². The zero-order valence-electron chi connectivity index (χ0n) is 15.9. The van der Waals surface area contributed by atoms with E-state index in [4.69, 9.17) is 5.73 Å². The number of piperidine rings is 1. The van der Waals surface area contributed by atoms with Crippen molar-refractivity contribution >= 4 is 17.7 Å². The molecule has 0 spiro atoms. The Morgan fingerprint density at radius 2 is 2.07 bits per heavy atom. The van der Waals surface area contributed by atoms with E-state index in [1.807, 2.05) is 12.1 Å². The molecule has 2 saturated heterocycles. The molecule has 1 saturated carbocycles. The Morgan fingerprint density at radius 1 is 1.21 bits per heavy atom. The van der Waals surface area contributed by atoms with Gasteiger partial charge in [-0.25, -0.2) is 0 Å². The number of rotatable bonds is 4. The van der Waals surface area contributed by atoms with Gasteiger partial charge in [0.2, 0.25) is 11.8 Å². The maximum absolute atomic E-state index is 13.0. The lowest BCUT2D eigenvalue weighted by Crippen LogP contribution is -2.52. The molecular formula is C21H26N4O3. The van der Waals surface area contributed by atoms with E-state index in [9.17, 15) is 14.4 Å². The molecule has 3 fully saturated rings. The second-order valence-electron chi connectivity index (χ2n) is 8.86. The molecule has 28 heavy (non-hydrogen) atoms. The zero-order valence-corrected chi connectivity index (χ0v) is 15.9. The first-order chi connectivity index (χ1) is 13.5. The predicted molar refractivity (Wildman–Crippen MR) is 102 cm³/mol. The summed E-state index contributed by atoms with van der Waals surface area (Å²) in [4.78, 5) is 40.6. The minimum Gasteiger partial charge on any atom is -0.330 e. The van der Waals surface area contributed by atoms with Gasteiger partial charge >= 0.3 is 0 Å². The third-order valence-corrected chi connectivity index (χ3v) is 7.28. The van der Waals surface area contributed by atoms with Crippen LogP contribution in [0.1, 0.15) is 47.2 Å². The Kier molecular flexibility index (Phi) is 4.07. The van der Waals surface area contributed by atoms with Gasteiger partial charge in [-0.3, -0.25) is 24.6 Å². The molecule has 3 aliphatic heterocycles. The summed E-state index contributed by atoms with van der Waals surface area (Å²) in [5.74, 6) is -0.0115. The van der Waals surface area contributed by atoms with Crippen molar-refractivity contribution in [3.8, 4) is 0 Å². The molecule has 0 bridgehead atoms. The van der Waals surface area contributed by atoms with Crippen LogP contribution in [0.3, 0.4) is 0 Å². The van der Waals surface area contributed by atoms with Crippen molar-refractivity contribution in [1.29, 1.82) is 0 Å². The predicted octanol–water partition coefficient (Wildman–Crippen LogP) is 0.618. The minimum atomic E-state index is -0.556. The average Bonchev–Trinajstić information content (AvgIpc) is 3.11. The highest BCUT2D eigenvalue weighted by atomic mass is 16.2. The summed E-state index contributed by atoms with van der Waals surface area (Å²) in [6, 6.07) is 5.53. The van der Waals surface area contributed by atoms with Gasteiger partial charge in [-0.15, -0.1) is 0 Å². The molecule has 1 aliphatic carbocycles. The van der Waals surface area contributed by atoms with Crippen molar-refractivity contribution in [1.82, 2.24) is 15.1 Å². The number of nitrogens with zero attached hydrogens (tertiary/aromatic N) is 2. The number of hydrogen-bond donors (Lipinski definition) is 2. The number of nitrogens with one attached hydrogen (secondary N) is 1. The van der Waals surface area contributed by atoms with Crippen molar-refractivity contribution in [3.05, 3.63) is 34.9 Å². The lowest BCUT2D eigenvalue weighted by atomic mass is 9.62. The third-order valence-electron chi connectivity index (χ3n) is 7.28. The highest BCUT2D eigenvalue weighted by molar-refractivity contribution is 6.05. The van der Waals surface area contributed by atoms with E-state index in [2.05, 4.69) is 16.3 Å². The van der Waals surface area contributed by atoms with Crippen molar-refractivity contribution in [2.24, 2.45) is 17.1 Å². The normalized spacial score (nSPS) is 32.2. The van der Waals surface area contributed by atoms with Crippen LogP contribution in [0.2, 0.25) is 0 Å². The van der Waals surface area contributed by atoms with Crippen LogP contribution in [0.15, 0.2) is 18.2 Å². The van der Waals surface area contributed by atoms with Crippen LogP contribution >= 0.6 is 0 Å². The summed E-state index contributed by atoms with van der Waals surface area (Å²) in [5.41, 5.74) is 9.13. The summed E-state index contributed by atoms with van der Waals surface area (Å²) in [6.07, 6.45) is 3.18. The van der Waals surface area contributed by atoms with Gasteiger partial charge in [-0.2, -0.15) is 0 Å². The van der Waals surface area contributed by atoms with E-state index >= 15 is 0 Å². The number of fused-ring (bicyclic) bond motifs is 2. The third kappa shape index (κ3) is 2.68. The first-order valence-electron chi connectivity index (χ1n) is 10.2. The van der Waals surface area contributed by atoms with Crippen LogP contribution in [0.4, 0.5) is 0 Å². The Morgan fingerprint density at radius 3 is 2.75 bits per heavy atom. The average molecular weight is 382 g/mol. The number of benzene rings is 1. The first kappa shape index (κ1) is 17.8.